The molecule has 0 aliphatic heterocycles. The van der Waals surface area contributed by atoms with Crippen LogP contribution < -0.4 is 4.90 Å². The molecule has 0 N–H and O–H groups in total. The summed E-state index contributed by atoms with van der Waals surface area (Å²) in [6, 6.07) is 6.89. The molecule has 0 fully saturated rings. The second kappa shape index (κ2) is 8.40. The predicted octanol–water partition coefficient (Wildman–Crippen LogP) is 3.45. The summed E-state index contributed by atoms with van der Waals surface area (Å²) in [6.07, 6.45) is 1.40. The number of aromatic nitrogens is 1. The van der Waals surface area contributed by atoms with Gasteiger partial charge in [0.2, 0.25) is 0 Å². The minimum Gasteiger partial charge on any atom is -0.469 e. The quantitative estimate of drug-likeness (QED) is 0.733. The third-order valence-electron chi connectivity index (χ3n) is 3.42. The van der Waals surface area contributed by atoms with Gasteiger partial charge in [-0.2, -0.15) is 5.26 Å². The van der Waals surface area contributed by atoms with Crippen LogP contribution in [0.1, 0.15) is 17.5 Å². The van der Waals surface area contributed by atoms with Crippen molar-refractivity contribution in [3.63, 3.8) is 0 Å². The number of carbonyl (C=O) groups is 1. The summed E-state index contributed by atoms with van der Waals surface area (Å²) in [5.41, 5.74) is 0.764. The number of esters is 1. The van der Waals surface area contributed by atoms with Crippen LogP contribution in [0.15, 0.2) is 30.5 Å². The molecule has 1 aromatic carbocycles. The van der Waals surface area contributed by atoms with Crippen molar-refractivity contribution in [2.75, 3.05) is 18.6 Å². The Morgan fingerprint density at radius 1 is 1.36 bits per heavy atom. The van der Waals surface area contributed by atoms with Crippen molar-refractivity contribution in [3.8, 4) is 6.07 Å². The van der Waals surface area contributed by atoms with Crippen LogP contribution in [0.2, 0.25) is 5.02 Å². The number of ether oxygens (including phenoxy) is 1. The molecule has 25 heavy (non-hydrogen) atoms. The van der Waals surface area contributed by atoms with Crippen LogP contribution in [0.4, 0.5) is 14.6 Å². The first kappa shape index (κ1) is 18.6. The van der Waals surface area contributed by atoms with Gasteiger partial charge < -0.3 is 9.64 Å². The first-order valence-corrected chi connectivity index (χ1v) is 7.63. The van der Waals surface area contributed by atoms with Gasteiger partial charge in [0.25, 0.3) is 0 Å². The van der Waals surface area contributed by atoms with Crippen LogP contribution in [-0.2, 0) is 16.1 Å². The molecule has 0 atom stereocenters. The summed E-state index contributed by atoms with van der Waals surface area (Å²) >= 11 is 6.17. The monoisotopic (exact) mass is 365 g/mol. The van der Waals surface area contributed by atoms with Crippen molar-refractivity contribution in [2.45, 2.75) is 13.0 Å². The zero-order valence-corrected chi connectivity index (χ0v) is 14.1. The van der Waals surface area contributed by atoms with Crippen LogP contribution in [-0.4, -0.2) is 24.6 Å². The van der Waals surface area contributed by atoms with Crippen molar-refractivity contribution in [3.05, 3.63) is 58.2 Å². The highest BCUT2D eigenvalue weighted by molar-refractivity contribution is 6.33. The number of rotatable bonds is 6. The molecule has 0 aliphatic carbocycles. The molecule has 8 heteroatoms. The molecule has 2 aromatic rings. The van der Waals surface area contributed by atoms with Crippen LogP contribution >= 0.6 is 11.6 Å². The number of hydrogen-bond acceptors (Lipinski definition) is 5. The highest BCUT2D eigenvalue weighted by Crippen LogP contribution is 2.26. The van der Waals surface area contributed by atoms with Crippen LogP contribution in [0.3, 0.4) is 0 Å². The van der Waals surface area contributed by atoms with Gasteiger partial charge in [0.1, 0.15) is 11.9 Å². The number of anilines is 1. The predicted molar refractivity (Wildman–Crippen MR) is 88.0 cm³/mol. The molecule has 130 valence electrons. The van der Waals surface area contributed by atoms with E-state index < -0.39 is 17.6 Å². The summed E-state index contributed by atoms with van der Waals surface area (Å²) in [5.74, 6) is -2.02. The molecular formula is C17H14ClF2N3O2. The lowest BCUT2D eigenvalue weighted by atomic mass is 10.2. The number of nitriles is 1. The molecule has 0 aliphatic rings. The second-order valence-corrected chi connectivity index (χ2v) is 5.54. The third kappa shape index (κ3) is 4.88. The topological polar surface area (TPSA) is 66.2 Å². The van der Waals surface area contributed by atoms with Gasteiger partial charge in [-0.15, -0.1) is 0 Å². The molecule has 0 amide bonds. The fraction of sp³-hybridized carbons (Fsp3) is 0.235. The van der Waals surface area contributed by atoms with Gasteiger partial charge in [0.15, 0.2) is 11.6 Å². The zero-order valence-electron chi connectivity index (χ0n) is 13.3. The highest BCUT2D eigenvalue weighted by Gasteiger charge is 2.16. The molecule has 5 nitrogen and oxygen atoms in total. The fourth-order valence-corrected chi connectivity index (χ4v) is 2.46. The number of carbonyl (C=O) groups excluding carboxylic acids is 1. The first-order valence-electron chi connectivity index (χ1n) is 7.26. The number of methoxy groups -OCH3 is 1. The van der Waals surface area contributed by atoms with E-state index in [2.05, 4.69) is 9.72 Å². The normalized spacial score (nSPS) is 10.2. The van der Waals surface area contributed by atoms with Crippen molar-refractivity contribution >= 4 is 23.4 Å². The largest absolute Gasteiger partial charge is 0.469 e. The van der Waals surface area contributed by atoms with E-state index in [0.29, 0.717) is 11.4 Å². The Hall–Kier alpha value is -2.72. The van der Waals surface area contributed by atoms with E-state index in [0.717, 1.165) is 12.1 Å². The maximum atomic E-state index is 13.4. The molecule has 0 saturated heterocycles. The smallest absolute Gasteiger partial charge is 0.307 e. The summed E-state index contributed by atoms with van der Waals surface area (Å²) < 4.78 is 31.1. The van der Waals surface area contributed by atoms with Gasteiger partial charge in [0, 0.05) is 19.3 Å². The van der Waals surface area contributed by atoms with Gasteiger partial charge >= 0.3 is 5.97 Å². The van der Waals surface area contributed by atoms with E-state index in [4.69, 9.17) is 16.9 Å². The minimum atomic E-state index is -0.968. The number of nitrogens with zero attached hydrogens (tertiary/aromatic N) is 3. The first-order chi connectivity index (χ1) is 11.9. The maximum absolute atomic E-state index is 13.4. The van der Waals surface area contributed by atoms with E-state index in [1.165, 1.54) is 25.4 Å². The summed E-state index contributed by atoms with van der Waals surface area (Å²) in [5, 5.41) is 9.11. The number of hydrogen-bond donors (Lipinski definition) is 0. The average Bonchev–Trinajstić information content (AvgIpc) is 2.61. The van der Waals surface area contributed by atoms with E-state index in [9.17, 15) is 13.6 Å². The Kier molecular flexibility index (Phi) is 6.25. The minimum absolute atomic E-state index is 0.0538. The van der Waals surface area contributed by atoms with Crippen molar-refractivity contribution in [2.24, 2.45) is 0 Å². The Balaban J connectivity index is 2.30. The van der Waals surface area contributed by atoms with Gasteiger partial charge in [-0.1, -0.05) is 17.7 Å². The summed E-state index contributed by atoms with van der Waals surface area (Å²) in [7, 11) is 1.27. The van der Waals surface area contributed by atoms with Crippen molar-refractivity contribution < 1.29 is 18.3 Å². The lowest BCUT2D eigenvalue weighted by molar-refractivity contribution is -0.140. The average molecular weight is 366 g/mol. The van der Waals surface area contributed by atoms with Gasteiger partial charge in [0.05, 0.1) is 24.1 Å². The second-order valence-electron chi connectivity index (χ2n) is 5.14. The summed E-state index contributed by atoms with van der Waals surface area (Å²) in [6.45, 7) is 0.344. The number of halogens is 3. The molecule has 0 bridgehead atoms. The van der Waals surface area contributed by atoms with Crippen molar-refractivity contribution in [1.82, 2.24) is 4.98 Å². The Bertz CT molecular complexity index is 824. The number of pyridine rings is 1. The Morgan fingerprint density at radius 2 is 2.12 bits per heavy atom. The highest BCUT2D eigenvalue weighted by atomic mass is 35.5. The molecule has 1 heterocycles. The standard InChI is InChI=1S/C17H14ClF2N3O2/c1-25-16(24)4-5-23(10-11-2-3-14(19)15(20)7-11)17-13(18)6-12(8-21)9-22-17/h2-3,6-7,9H,4-5,10H2,1H3. The van der Waals surface area contributed by atoms with E-state index in [-0.39, 0.29) is 30.1 Å². The maximum Gasteiger partial charge on any atom is 0.307 e. The van der Waals surface area contributed by atoms with Gasteiger partial charge in [-0.3, -0.25) is 4.79 Å². The molecule has 2 rings (SSSR count). The molecule has 0 spiro atoms. The van der Waals surface area contributed by atoms with Gasteiger partial charge in [-0.25, -0.2) is 13.8 Å². The lowest BCUT2D eigenvalue weighted by Crippen LogP contribution is -2.27. The Labute approximate surface area is 148 Å². The number of benzene rings is 1. The SMILES string of the molecule is COC(=O)CCN(Cc1ccc(F)c(F)c1)c1ncc(C#N)cc1Cl. The molecule has 1 aromatic heterocycles. The van der Waals surface area contributed by atoms with Gasteiger partial charge in [-0.05, 0) is 23.8 Å². The fourth-order valence-electron chi connectivity index (χ4n) is 2.17. The van der Waals surface area contributed by atoms with Crippen LogP contribution in [0, 0.1) is 23.0 Å². The lowest BCUT2D eigenvalue weighted by Gasteiger charge is -2.24. The van der Waals surface area contributed by atoms with E-state index in [1.807, 2.05) is 6.07 Å². The van der Waals surface area contributed by atoms with Crippen LogP contribution in [0.5, 0.6) is 0 Å². The Morgan fingerprint density at radius 3 is 2.72 bits per heavy atom. The van der Waals surface area contributed by atoms with E-state index in [1.54, 1.807) is 4.90 Å². The molecule has 0 saturated carbocycles. The van der Waals surface area contributed by atoms with Crippen LogP contribution in [0.25, 0.3) is 0 Å². The van der Waals surface area contributed by atoms with Crippen molar-refractivity contribution in [1.29, 1.82) is 5.26 Å². The molecule has 0 radical (unpaired) electrons. The third-order valence-corrected chi connectivity index (χ3v) is 3.70. The summed E-state index contributed by atoms with van der Waals surface area (Å²) in [4.78, 5) is 17.2. The molecule has 0 unspecified atom stereocenters. The van der Waals surface area contributed by atoms with E-state index >= 15 is 0 Å². The molecular weight excluding hydrogens is 352 g/mol. The zero-order chi connectivity index (χ0) is 18.4.